The number of nitrogens with zero attached hydrogens (tertiary/aromatic N) is 4. The van der Waals surface area contributed by atoms with Gasteiger partial charge in [-0.1, -0.05) is 36.0 Å². The van der Waals surface area contributed by atoms with Gasteiger partial charge in [0.25, 0.3) is 0 Å². The number of aromatic nitrogens is 3. The number of hydrogen-bond acceptors (Lipinski definition) is 6. The Morgan fingerprint density at radius 2 is 1.96 bits per heavy atom. The lowest BCUT2D eigenvalue weighted by Crippen LogP contribution is -2.35. The van der Waals surface area contributed by atoms with Gasteiger partial charge in [0.05, 0.1) is 10.6 Å². The summed E-state index contributed by atoms with van der Waals surface area (Å²) in [5, 5.41) is 11.2. The number of benzene rings is 1. The van der Waals surface area contributed by atoms with Gasteiger partial charge in [-0.15, -0.1) is 21.5 Å². The van der Waals surface area contributed by atoms with E-state index < -0.39 is 5.91 Å². The van der Waals surface area contributed by atoms with Gasteiger partial charge in [-0.3, -0.25) is 9.59 Å². The molecule has 1 aromatic carbocycles. The summed E-state index contributed by atoms with van der Waals surface area (Å²) in [5.41, 5.74) is 6.01. The number of thiophene rings is 1. The van der Waals surface area contributed by atoms with Crippen molar-refractivity contribution in [2.75, 3.05) is 17.2 Å². The number of amides is 2. The van der Waals surface area contributed by atoms with E-state index in [2.05, 4.69) is 10.2 Å². The van der Waals surface area contributed by atoms with E-state index in [0.29, 0.717) is 11.7 Å². The largest absolute Gasteiger partial charge is 0.370 e. The maximum absolute atomic E-state index is 12.9. The third-order valence-electron chi connectivity index (χ3n) is 4.05. The predicted octanol–water partition coefficient (Wildman–Crippen LogP) is 3.03. The fourth-order valence-electron chi connectivity index (χ4n) is 2.70. The van der Waals surface area contributed by atoms with Crippen molar-refractivity contribution in [1.82, 2.24) is 14.8 Å². The van der Waals surface area contributed by atoms with Crippen molar-refractivity contribution in [2.45, 2.75) is 25.0 Å². The van der Waals surface area contributed by atoms with E-state index >= 15 is 0 Å². The Morgan fingerprint density at radius 1 is 1.18 bits per heavy atom. The molecule has 2 N–H and O–H groups in total. The molecule has 0 atom stereocenters. The van der Waals surface area contributed by atoms with Crippen LogP contribution in [0.4, 0.5) is 5.69 Å². The van der Waals surface area contributed by atoms with E-state index in [4.69, 9.17) is 5.73 Å². The molecule has 0 unspecified atom stereocenters. The number of rotatable bonds is 9. The van der Waals surface area contributed by atoms with E-state index in [1.807, 2.05) is 59.3 Å². The lowest BCUT2D eigenvalue weighted by molar-refractivity contribution is -0.118. The van der Waals surface area contributed by atoms with Crippen molar-refractivity contribution in [3.8, 4) is 10.7 Å². The molecule has 0 radical (unpaired) electrons. The van der Waals surface area contributed by atoms with E-state index in [-0.39, 0.29) is 24.6 Å². The Labute approximate surface area is 171 Å². The SMILES string of the molecule is CCn1c(SCC(=O)N(CCC(N)=O)c2ccccc2)nnc1-c1cccs1. The van der Waals surface area contributed by atoms with Crippen LogP contribution in [0.5, 0.6) is 0 Å². The van der Waals surface area contributed by atoms with Gasteiger partial charge in [0.2, 0.25) is 11.8 Å². The molecule has 0 aliphatic carbocycles. The lowest BCUT2D eigenvalue weighted by atomic mass is 10.2. The van der Waals surface area contributed by atoms with Crippen LogP contribution < -0.4 is 10.6 Å². The lowest BCUT2D eigenvalue weighted by Gasteiger charge is -2.22. The maximum atomic E-state index is 12.9. The fourth-order valence-corrected chi connectivity index (χ4v) is 4.30. The van der Waals surface area contributed by atoms with E-state index in [9.17, 15) is 9.59 Å². The number of carbonyl (C=O) groups is 2. The standard InChI is InChI=1S/C19H21N5O2S2/c1-2-23-18(15-9-6-12-27-15)21-22-19(23)28-13-17(26)24(11-10-16(20)25)14-7-4-3-5-8-14/h3-9,12H,2,10-11,13H2,1H3,(H2,20,25). The molecule has 0 spiro atoms. The summed E-state index contributed by atoms with van der Waals surface area (Å²) in [5.74, 6) is 0.450. The monoisotopic (exact) mass is 415 g/mol. The molecule has 2 amide bonds. The molecule has 9 heteroatoms. The van der Waals surface area contributed by atoms with Gasteiger partial charge < -0.3 is 15.2 Å². The molecule has 0 aliphatic rings. The first-order chi connectivity index (χ1) is 13.6. The minimum atomic E-state index is -0.437. The summed E-state index contributed by atoms with van der Waals surface area (Å²) in [6.07, 6.45) is 0.110. The second-order valence-corrected chi connectivity index (χ2v) is 7.80. The molecule has 0 aliphatic heterocycles. The molecule has 0 fully saturated rings. The number of para-hydroxylation sites is 1. The van der Waals surface area contributed by atoms with Crippen molar-refractivity contribution in [2.24, 2.45) is 5.73 Å². The highest BCUT2D eigenvalue weighted by Crippen LogP contribution is 2.27. The molecule has 28 heavy (non-hydrogen) atoms. The van der Waals surface area contributed by atoms with Crippen LogP contribution in [0.25, 0.3) is 10.7 Å². The minimum Gasteiger partial charge on any atom is -0.370 e. The summed E-state index contributed by atoms with van der Waals surface area (Å²) < 4.78 is 2.00. The summed E-state index contributed by atoms with van der Waals surface area (Å²) in [6.45, 7) is 2.98. The van der Waals surface area contributed by atoms with Crippen molar-refractivity contribution in [1.29, 1.82) is 0 Å². The van der Waals surface area contributed by atoms with E-state index in [1.54, 1.807) is 16.2 Å². The topological polar surface area (TPSA) is 94.1 Å². The first kappa shape index (κ1) is 20.1. The fraction of sp³-hybridized carbons (Fsp3) is 0.263. The predicted molar refractivity (Wildman–Crippen MR) is 112 cm³/mol. The number of primary amides is 1. The smallest absolute Gasteiger partial charge is 0.237 e. The maximum Gasteiger partial charge on any atom is 0.237 e. The highest BCUT2D eigenvalue weighted by Gasteiger charge is 2.19. The number of carbonyl (C=O) groups excluding carboxylic acids is 2. The average Bonchev–Trinajstić information content (AvgIpc) is 3.36. The quantitative estimate of drug-likeness (QED) is 0.542. The van der Waals surface area contributed by atoms with Gasteiger partial charge in [-0.05, 0) is 30.5 Å². The zero-order chi connectivity index (χ0) is 19.9. The van der Waals surface area contributed by atoms with Crippen LogP contribution in [0.1, 0.15) is 13.3 Å². The molecule has 2 heterocycles. The molecule has 2 aromatic heterocycles. The van der Waals surface area contributed by atoms with Crippen molar-refractivity contribution in [3.63, 3.8) is 0 Å². The summed E-state index contributed by atoms with van der Waals surface area (Å²) >= 11 is 2.94. The molecule has 3 rings (SSSR count). The van der Waals surface area contributed by atoms with Gasteiger partial charge in [-0.25, -0.2) is 0 Å². The normalized spacial score (nSPS) is 10.8. The second-order valence-electron chi connectivity index (χ2n) is 5.91. The van der Waals surface area contributed by atoms with E-state index in [1.165, 1.54) is 11.8 Å². The molecule has 146 valence electrons. The summed E-state index contributed by atoms with van der Waals surface area (Å²) in [4.78, 5) is 26.7. The highest BCUT2D eigenvalue weighted by molar-refractivity contribution is 7.99. The van der Waals surface area contributed by atoms with Gasteiger partial charge in [0.15, 0.2) is 11.0 Å². The van der Waals surface area contributed by atoms with Crippen molar-refractivity contribution in [3.05, 3.63) is 47.8 Å². The summed E-state index contributed by atoms with van der Waals surface area (Å²) in [7, 11) is 0. The third kappa shape index (κ3) is 4.79. The molecular formula is C19H21N5O2S2. The molecular weight excluding hydrogens is 394 g/mol. The number of thioether (sulfide) groups is 1. The van der Waals surface area contributed by atoms with Crippen LogP contribution in [-0.2, 0) is 16.1 Å². The average molecular weight is 416 g/mol. The molecule has 0 saturated heterocycles. The van der Waals surface area contributed by atoms with Crippen LogP contribution in [0.2, 0.25) is 0 Å². The van der Waals surface area contributed by atoms with Gasteiger partial charge >= 0.3 is 0 Å². The number of hydrogen-bond donors (Lipinski definition) is 1. The van der Waals surface area contributed by atoms with E-state index in [0.717, 1.165) is 16.4 Å². The van der Waals surface area contributed by atoms with Gasteiger partial charge in [0, 0.05) is 25.2 Å². The molecule has 3 aromatic rings. The van der Waals surface area contributed by atoms with Gasteiger partial charge in [0.1, 0.15) is 0 Å². The Hall–Kier alpha value is -2.65. The Morgan fingerprint density at radius 3 is 2.61 bits per heavy atom. The second kappa shape index (κ2) is 9.52. The van der Waals surface area contributed by atoms with Crippen LogP contribution >= 0.6 is 23.1 Å². The van der Waals surface area contributed by atoms with Crippen LogP contribution in [-0.4, -0.2) is 38.9 Å². The molecule has 7 nitrogen and oxygen atoms in total. The third-order valence-corrected chi connectivity index (χ3v) is 5.87. The Bertz CT molecular complexity index is 925. The van der Waals surface area contributed by atoms with Crippen LogP contribution in [0.3, 0.4) is 0 Å². The van der Waals surface area contributed by atoms with Crippen LogP contribution in [0.15, 0.2) is 53.0 Å². The number of nitrogens with two attached hydrogens (primary N) is 1. The zero-order valence-corrected chi connectivity index (χ0v) is 17.1. The Kier molecular flexibility index (Phi) is 6.83. The molecule has 0 bridgehead atoms. The van der Waals surface area contributed by atoms with Crippen molar-refractivity contribution < 1.29 is 9.59 Å². The number of anilines is 1. The zero-order valence-electron chi connectivity index (χ0n) is 15.4. The van der Waals surface area contributed by atoms with Gasteiger partial charge in [-0.2, -0.15) is 0 Å². The first-order valence-electron chi connectivity index (χ1n) is 8.83. The first-order valence-corrected chi connectivity index (χ1v) is 10.7. The summed E-state index contributed by atoms with van der Waals surface area (Å²) in [6, 6.07) is 13.2. The van der Waals surface area contributed by atoms with Crippen molar-refractivity contribution >= 4 is 40.6 Å². The van der Waals surface area contributed by atoms with Crippen LogP contribution in [0, 0.1) is 0 Å². The minimum absolute atomic E-state index is 0.110. The molecule has 0 saturated carbocycles. The Balaban J connectivity index is 1.73. The highest BCUT2D eigenvalue weighted by atomic mass is 32.2.